The Morgan fingerprint density at radius 1 is 1.00 bits per heavy atom. The van der Waals surface area contributed by atoms with E-state index in [0.29, 0.717) is 11.3 Å². The Balaban J connectivity index is 0.00000114. The topological polar surface area (TPSA) is 72.9 Å². The lowest BCUT2D eigenvalue weighted by Crippen LogP contribution is -2.36. The standard InChI is InChI=1S/C28H27ClF3N3O3.C4H10/c1-28(2)20-8-7-16(11-25(20)35(27(28)38)15-19-21(29)5-4-6-22(19)30)26(37)33-14-18-23(31)12-17(13-24(18)32)34(3)9-10-36;1-3-4-2/h4-8,11-13,36H,9-10,14-15H2,1-3H3,(H,33,37);3-4H2,1-2H3. The van der Waals surface area contributed by atoms with Gasteiger partial charge in [-0.1, -0.05) is 50.4 Å². The number of rotatable bonds is 9. The minimum atomic E-state index is -0.917. The number of unbranched alkanes of at least 4 members (excludes halogenated alkanes) is 1. The second-order valence-corrected chi connectivity index (χ2v) is 11.1. The summed E-state index contributed by atoms with van der Waals surface area (Å²) in [6.07, 6.45) is 2.64. The first kappa shape index (κ1) is 32.9. The molecule has 0 aliphatic carbocycles. The summed E-state index contributed by atoms with van der Waals surface area (Å²) in [5.41, 5.74) is 0.433. The molecule has 42 heavy (non-hydrogen) atoms. The number of nitrogens with one attached hydrogen (secondary N) is 1. The van der Waals surface area contributed by atoms with Crippen LogP contribution >= 0.6 is 11.6 Å². The lowest BCUT2D eigenvalue weighted by molar-refractivity contribution is -0.122. The molecule has 1 aliphatic rings. The third-order valence-corrected chi connectivity index (χ3v) is 7.66. The number of amides is 2. The predicted octanol–water partition coefficient (Wildman–Crippen LogP) is 6.75. The van der Waals surface area contributed by atoms with Crippen molar-refractivity contribution in [3.63, 3.8) is 0 Å². The lowest BCUT2D eigenvalue weighted by Gasteiger charge is -2.21. The van der Waals surface area contributed by atoms with Crippen molar-refractivity contribution in [2.45, 2.75) is 59.0 Å². The Morgan fingerprint density at radius 2 is 1.64 bits per heavy atom. The van der Waals surface area contributed by atoms with Gasteiger partial charge in [-0.05, 0) is 55.8 Å². The van der Waals surface area contributed by atoms with Gasteiger partial charge in [-0.15, -0.1) is 0 Å². The first-order valence-corrected chi connectivity index (χ1v) is 14.2. The molecule has 0 atom stereocenters. The van der Waals surface area contributed by atoms with Crippen molar-refractivity contribution >= 4 is 34.8 Å². The van der Waals surface area contributed by atoms with E-state index in [2.05, 4.69) is 19.2 Å². The fraction of sp³-hybridized carbons (Fsp3) is 0.375. The molecule has 0 aromatic heterocycles. The van der Waals surface area contributed by atoms with Gasteiger partial charge in [-0.2, -0.15) is 0 Å². The van der Waals surface area contributed by atoms with Crippen LogP contribution in [0, 0.1) is 17.5 Å². The van der Waals surface area contributed by atoms with Crippen molar-refractivity contribution in [1.82, 2.24) is 5.32 Å². The largest absolute Gasteiger partial charge is 0.395 e. The summed E-state index contributed by atoms with van der Waals surface area (Å²) in [7, 11) is 1.59. The molecule has 3 aromatic rings. The van der Waals surface area contributed by atoms with Crippen molar-refractivity contribution < 1.29 is 27.9 Å². The third-order valence-electron chi connectivity index (χ3n) is 7.31. The molecule has 0 saturated carbocycles. The van der Waals surface area contributed by atoms with Crippen LogP contribution in [0.25, 0.3) is 0 Å². The number of anilines is 2. The van der Waals surface area contributed by atoms with Crippen LogP contribution in [0.5, 0.6) is 0 Å². The highest BCUT2D eigenvalue weighted by atomic mass is 35.5. The minimum absolute atomic E-state index is 0.126. The number of likely N-dealkylation sites (N-methyl/N-ethyl adjacent to an activating group) is 1. The summed E-state index contributed by atoms with van der Waals surface area (Å²) in [4.78, 5) is 29.1. The Kier molecular flexibility index (Phi) is 11.0. The van der Waals surface area contributed by atoms with Gasteiger partial charge in [0.2, 0.25) is 5.91 Å². The van der Waals surface area contributed by atoms with Crippen LogP contribution in [-0.4, -0.2) is 37.1 Å². The van der Waals surface area contributed by atoms with E-state index in [9.17, 15) is 22.8 Å². The van der Waals surface area contributed by atoms with Crippen LogP contribution in [-0.2, 0) is 23.3 Å². The average Bonchev–Trinajstić information content (AvgIpc) is 3.14. The molecule has 1 heterocycles. The Bertz CT molecular complexity index is 1400. The Hall–Kier alpha value is -3.56. The number of benzene rings is 3. The number of fused-ring (bicyclic) bond motifs is 1. The second kappa shape index (κ2) is 14.1. The quantitative estimate of drug-likeness (QED) is 0.284. The molecular weight excluding hydrogens is 567 g/mol. The van der Waals surface area contributed by atoms with Gasteiger partial charge in [0.25, 0.3) is 5.91 Å². The number of hydrogen-bond acceptors (Lipinski definition) is 4. The molecule has 0 fully saturated rings. The number of aliphatic hydroxyl groups excluding tert-OH is 1. The number of halogens is 4. The van der Waals surface area contributed by atoms with E-state index >= 15 is 0 Å². The number of carbonyl (C=O) groups is 2. The van der Waals surface area contributed by atoms with E-state index in [0.717, 1.165) is 12.1 Å². The molecule has 3 aromatic carbocycles. The molecule has 1 aliphatic heterocycles. The van der Waals surface area contributed by atoms with Crippen LogP contribution in [0.4, 0.5) is 24.5 Å². The molecule has 0 radical (unpaired) electrons. The van der Waals surface area contributed by atoms with Gasteiger partial charge in [-0.25, -0.2) is 13.2 Å². The first-order valence-electron chi connectivity index (χ1n) is 13.8. The zero-order valence-corrected chi connectivity index (χ0v) is 25.3. The zero-order chi connectivity index (χ0) is 31.2. The van der Waals surface area contributed by atoms with Gasteiger partial charge in [0, 0.05) is 53.2 Å². The maximum Gasteiger partial charge on any atom is 0.251 e. The summed E-state index contributed by atoms with van der Waals surface area (Å²) in [6.45, 7) is 7.34. The average molecular weight is 604 g/mol. The van der Waals surface area contributed by atoms with E-state index in [1.807, 2.05) is 0 Å². The molecule has 2 N–H and O–H groups in total. The zero-order valence-electron chi connectivity index (χ0n) is 24.5. The maximum atomic E-state index is 14.6. The van der Waals surface area contributed by atoms with Crippen LogP contribution in [0.2, 0.25) is 5.02 Å². The van der Waals surface area contributed by atoms with Crippen molar-refractivity contribution in [3.05, 3.63) is 93.3 Å². The Morgan fingerprint density at radius 3 is 2.21 bits per heavy atom. The smallest absolute Gasteiger partial charge is 0.251 e. The summed E-state index contributed by atoms with van der Waals surface area (Å²) >= 11 is 6.19. The lowest BCUT2D eigenvalue weighted by atomic mass is 9.86. The molecule has 0 spiro atoms. The van der Waals surface area contributed by atoms with Crippen molar-refractivity contribution in [2.75, 3.05) is 30.0 Å². The van der Waals surface area contributed by atoms with Crippen molar-refractivity contribution in [1.29, 1.82) is 0 Å². The second-order valence-electron chi connectivity index (χ2n) is 10.7. The van der Waals surface area contributed by atoms with Crippen LogP contribution in [0.3, 0.4) is 0 Å². The van der Waals surface area contributed by atoms with Gasteiger partial charge >= 0.3 is 0 Å². The van der Waals surface area contributed by atoms with Gasteiger partial charge in [0.1, 0.15) is 17.5 Å². The summed E-state index contributed by atoms with van der Waals surface area (Å²) in [5.74, 6) is -3.10. The first-order chi connectivity index (χ1) is 19.9. The predicted molar refractivity (Wildman–Crippen MR) is 161 cm³/mol. The van der Waals surface area contributed by atoms with Crippen LogP contribution < -0.4 is 15.1 Å². The SMILES string of the molecule is CCCC.CN(CCO)c1cc(F)c(CNC(=O)c2ccc3c(c2)N(Cc2c(F)cccc2Cl)C(=O)C3(C)C)c(F)c1. The van der Waals surface area contributed by atoms with Gasteiger partial charge in [-0.3, -0.25) is 9.59 Å². The molecule has 226 valence electrons. The van der Waals surface area contributed by atoms with Gasteiger partial charge in [0.15, 0.2) is 0 Å². The maximum absolute atomic E-state index is 14.6. The van der Waals surface area contributed by atoms with E-state index in [1.54, 1.807) is 27.0 Å². The van der Waals surface area contributed by atoms with Gasteiger partial charge in [0.05, 0.1) is 18.6 Å². The highest BCUT2D eigenvalue weighted by Gasteiger charge is 2.44. The molecule has 2 amide bonds. The summed E-state index contributed by atoms with van der Waals surface area (Å²) in [5, 5.41) is 11.7. The minimum Gasteiger partial charge on any atom is -0.395 e. The highest BCUT2D eigenvalue weighted by molar-refractivity contribution is 6.31. The molecule has 0 unspecified atom stereocenters. The monoisotopic (exact) mass is 603 g/mol. The fourth-order valence-corrected chi connectivity index (χ4v) is 4.74. The van der Waals surface area contributed by atoms with Crippen LogP contribution in [0.1, 0.15) is 67.6 Å². The summed E-state index contributed by atoms with van der Waals surface area (Å²) in [6, 6.07) is 11.2. The molecule has 10 heteroatoms. The number of aliphatic hydroxyl groups is 1. The number of carbonyl (C=O) groups excluding carboxylic acids is 2. The van der Waals surface area contributed by atoms with E-state index in [4.69, 9.17) is 16.7 Å². The molecular formula is C32H37ClF3N3O3. The van der Waals surface area contributed by atoms with Crippen molar-refractivity contribution in [2.24, 2.45) is 0 Å². The fourth-order valence-electron chi connectivity index (χ4n) is 4.51. The van der Waals surface area contributed by atoms with Crippen molar-refractivity contribution in [3.8, 4) is 0 Å². The molecule has 4 rings (SSSR count). The number of hydrogen-bond donors (Lipinski definition) is 2. The molecule has 6 nitrogen and oxygen atoms in total. The van der Waals surface area contributed by atoms with E-state index < -0.39 is 35.3 Å². The van der Waals surface area contributed by atoms with E-state index in [-0.39, 0.29) is 53.0 Å². The molecule has 0 bridgehead atoms. The highest BCUT2D eigenvalue weighted by Crippen LogP contribution is 2.43. The normalized spacial score (nSPS) is 13.4. The third kappa shape index (κ3) is 7.07. The van der Waals surface area contributed by atoms with Crippen LogP contribution in [0.15, 0.2) is 48.5 Å². The Labute approximate surface area is 250 Å². The van der Waals surface area contributed by atoms with E-state index in [1.165, 1.54) is 53.0 Å². The van der Waals surface area contributed by atoms with Gasteiger partial charge < -0.3 is 20.2 Å². The summed E-state index contributed by atoms with van der Waals surface area (Å²) < 4.78 is 43.7. The molecule has 0 saturated heterocycles. The number of nitrogens with zero attached hydrogens (tertiary/aromatic N) is 2.